The van der Waals surface area contributed by atoms with Crippen molar-refractivity contribution in [3.8, 4) is 11.5 Å². The van der Waals surface area contributed by atoms with E-state index in [2.05, 4.69) is 0 Å². The number of aliphatic hydroxyl groups excluding tert-OH is 1. The minimum absolute atomic E-state index is 0.223. The van der Waals surface area contributed by atoms with E-state index in [9.17, 15) is 14.7 Å². The molecule has 9 nitrogen and oxygen atoms in total. The van der Waals surface area contributed by atoms with Crippen LogP contribution in [-0.2, 0) is 48.2 Å². The Kier molecular flexibility index (Phi) is 16.6. The number of aliphatic hydroxyl groups is 1. The molecule has 0 aromatic heterocycles. The zero-order chi connectivity index (χ0) is 37.1. The number of benzene rings is 4. The first-order valence-electron chi connectivity index (χ1n) is 17.4. The van der Waals surface area contributed by atoms with Gasteiger partial charge in [0.15, 0.2) is 11.2 Å². The molecule has 3 atom stereocenters. The molecule has 4 rings (SSSR count). The first-order valence-corrected chi connectivity index (χ1v) is 17.4. The van der Waals surface area contributed by atoms with Crippen molar-refractivity contribution in [1.82, 2.24) is 0 Å². The first kappa shape index (κ1) is 40.7. The van der Waals surface area contributed by atoms with Crippen LogP contribution in [0.1, 0.15) is 69.9 Å². The van der Waals surface area contributed by atoms with Crippen molar-refractivity contribution in [3.05, 3.63) is 131 Å². The second-order valence-corrected chi connectivity index (χ2v) is 12.0. The van der Waals surface area contributed by atoms with Gasteiger partial charge in [0, 0.05) is 19.6 Å². The SMILES string of the molecule is CCOC(=O)C(C)(Cc1ccc(OCc2ccccc2)cc1)OCC.CCOC(=O)C(C)(OCC)C(O)c1ccc(OCc2ccccc2)cc1. The largest absolute Gasteiger partial charge is 0.489 e. The van der Waals surface area contributed by atoms with Crippen molar-refractivity contribution in [2.24, 2.45) is 0 Å². The summed E-state index contributed by atoms with van der Waals surface area (Å²) in [5.74, 6) is 0.556. The van der Waals surface area contributed by atoms with Crippen LogP contribution in [0.15, 0.2) is 109 Å². The Morgan fingerprint density at radius 2 is 1.02 bits per heavy atom. The molecule has 0 aliphatic carbocycles. The summed E-state index contributed by atoms with van der Waals surface area (Å²) in [5.41, 5.74) is 1.31. The molecule has 0 aliphatic heterocycles. The maximum absolute atomic E-state index is 12.3. The van der Waals surface area contributed by atoms with E-state index in [-0.39, 0.29) is 19.2 Å². The molecule has 51 heavy (non-hydrogen) atoms. The molecule has 0 heterocycles. The highest BCUT2D eigenvalue weighted by atomic mass is 16.6. The van der Waals surface area contributed by atoms with Gasteiger partial charge in [-0.25, -0.2) is 9.59 Å². The summed E-state index contributed by atoms with van der Waals surface area (Å²) < 4.78 is 33.0. The first-order chi connectivity index (χ1) is 24.6. The number of carbonyl (C=O) groups is 2. The Balaban J connectivity index is 0.000000276. The second-order valence-electron chi connectivity index (χ2n) is 12.0. The lowest BCUT2D eigenvalue weighted by Gasteiger charge is -2.32. The Labute approximate surface area is 302 Å². The Morgan fingerprint density at radius 3 is 1.47 bits per heavy atom. The zero-order valence-electron chi connectivity index (χ0n) is 30.6. The van der Waals surface area contributed by atoms with Gasteiger partial charge in [0.05, 0.1) is 13.2 Å². The molecular weight excluding hydrogens is 648 g/mol. The number of ether oxygens (including phenoxy) is 6. The molecule has 3 unspecified atom stereocenters. The molecule has 1 N–H and O–H groups in total. The van der Waals surface area contributed by atoms with Crippen LogP contribution in [0.25, 0.3) is 0 Å². The molecule has 0 fully saturated rings. The molecule has 9 heteroatoms. The van der Waals surface area contributed by atoms with E-state index in [4.69, 9.17) is 28.4 Å². The van der Waals surface area contributed by atoms with Gasteiger partial charge in [-0.15, -0.1) is 0 Å². The van der Waals surface area contributed by atoms with Gasteiger partial charge in [-0.1, -0.05) is 84.9 Å². The minimum Gasteiger partial charge on any atom is -0.489 e. The fourth-order valence-corrected chi connectivity index (χ4v) is 5.25. The highest BCUT2D eigenvalue weighted by Gasteiger charge is 2.44. The highest BCUT2D eigenvalue weighted by Crippen LogP contribution is 2.32. The van der Waals surface area contributed by atoms with Gasteiger partial charge >= 0.3 is 11.9 Å². The molecular formula is C42H52O9. The van der Waals surface area contributed by atoms with E-state index in [1.165, 1.54) is 0 Å². The summed E-state index contributed by atoms with van der Waals surface area (Å²) >= 11 is 0. The summed E-state index contributed by atoms with van der Waals surface area (Å²) in [4.78, 5) is 24.5. The van der Waals surface area contributed by atoms with E-state index in [0.29, 0.717) is 44.2 Å². The Hall–Kier alpha value is -4.70. The average Bonchev–Trinajstić information content (AvgIpc) is 3.15. The molecule has 4 aromatic rings. The molecule has 0 amide bonds. The number of esters is 2. The van der Waals surface area contributed by atoms with E-state index in [1.54, 1.807) is 58.9 Å². The summed E-state index contributed by atoms with van der Waals surface area (Å²) in [6.07, 6.45) is -0.691. The minimum atomic E-state index is -1.46. The van der Waals surface area contributed by atoms with Crippen molar-refractivity contribution in [3.63, 3.8) is 0 Å². The van der Waals surface area contributed by atoms with Crippen molar-refractivity contribution >= 4 is 11.9 Å². The number of rotatable bonds is 18. The molecule has 0 spiro atoms. The topological polar surface area (TPSA) is 110 Å². The highest BCUT2D eigenvalue weighted by molar-refractivity contribution is 5.80. The Morgan fingerprint density at radius 1 is 0.569 bits per heavy atom. The molecule has 4 aromatic carbocycles. The van der Waals surface area contributed by atoms with Crippen molar-refractivity contribution in [2.45, 2.75) is 78.5 Å². The molecule has 274 valence electrons. The monoisotopic (exact) mass is 700 g/mol. The molecule has 0 radical (unpaired) electrons. The lowest BCUT2D eigenvalue weighted by atomic mass is 9.92. The maximum atomic E-state index is 12.3. The summed E-state index contributed by atoms with van der Waals surface area (Å²) in [6.45, 7) is 12.8. The van der Waals surface area contributed by atoms with Gasteiger partial charge in [-0.2, -0.15) is 0 Å². The second kappa shape index (κ2) is 20.8. The molecule has 0 aliphatic rings. The fourth-order valence-electron chi connectivity index (χ4n) is 5.25. The fraction of sp³-hybridized carbons (Fsp3) is 0.381. The smallest absolute Gasteiger partial charge is 0.341 e. The van der Waals surface area contributed by atoms with Crippen LogP contribution in [0, 0.1) is 0 Å². The van der Waals surface area contributed by atoms with Gasteiger partial charge < -0.3 is 33.5 Å². The van der Waals surface area contributed by atoms with Crippen LogP contribution in [-0.4, -0.2) is 54.7 Å². The van der Waals surface area contributed by atoms with Gasteiger partial charge in [-0.05, 0) is 88.1 Å². The molecule has 0 bridgehead atoms. The summed E-state index contributed by atoms with van der Waals surface area (Å²) in [5, 5.41) is 10.7. The molecule has 0 saturated carbocycles. The normalized spacial score (nSPS) is 13.7. The van der Waals surface area contributed by atoms with Gasteiger partial charge in [0.25, 0.3) is 0 Å². The predicted molar refractivity (Wildman–Crippen MR) is 196 cm³/mol. The number of hydrogen-bond acceptors (Lipinski definition) is 9. The summed E-state index contributed by atoms with van der Waals surface area (Å²) in [6, 6.07) is 34.6. The van der Waals surface area contributed by atoms with Crippen molar-refractivity contribution in [1.29, 1.82) is 0 Å². The average molecular weight is 701 g/mol. The van der Waals surface area contributed by atoms with E-state index >= 15 is 0 Å². The van der Waals surface area contributed by atoms with E-state index in [0.717, 1.165) is 22.4 Å². The van der Waals surface area contributed by atoms with Crippen LogP contribution in [0.3, 0.4) is 0 Å². The lowest BCUT2D eigenvalue weighted by molar-refractivity contribution is -0.185. The predicted octanol–water partition coefficient (Wildman–Crippen LogP) is 7.82. The van der Waals surface area contributed by atoms with E-state index < -0.39 is 23.3 Å². The van der Waals surface area contributed by atoms with Crippen LogP contribution in [0.5, 0.6) is 11.5 Å². The third-order valence-corrected chi connectivity index (χ3v) is 7.97. The van der Waals surface area contributed by atoms with Gasteiger partial charge in [0.2, 0.25) is 0 Å². The molecule has 0 saturated heterocycles. The Bertz CT molecular complexity index is 1580. The third-order valence-electron chi connectivity index (χ3n) is 7.97. The number of hydrogen-bond donors (Lipinski definition) is 1. The van der Waals surface area contributed by atoms with Crippen LogP contribution in [0.2, 0.25) is 0 Å². The maximum Gasteiger partial charge on any atom is 0.341 e. The quantitative estimate of drug-likeness (QED) is 0.104. The standard InChI is InChI=1S/C21H26O5.C21H26O4/c1-4-24-20(23)21(3,26-5-2)19(22)17-11-13-18(14-12-17)25-15-16-9-7-6-8-10-16;1-4-23-20(22)21(3,25-5-2)15-17-11-13-19(14-12-17)24-16-18-9-7-6-8-10-18/h6-14,19,22H,4-5,15H2,1-3H3;6-14H,4-5,15-16H2,1-3H3. The van der Waals surface area contributed by atoms with Gasteiger partial charge in [-0.3, -0.25) is 0 Å². The third kappa shape index (κ3) is 12.5. The van der Waals surface area contributed by atoms with Crippen LogP contribution < -0.4 is 9.47 Å². The van der Waals surface area contributed by atoms with E-state index in [1.807, 2.05) is 91.9 Å². The zero-order valence-corrected chi connectivity index (χ0v) is 30.6. The van der Waals surface area contributed by atoms with Crippen molar-refractivity contribution in [2.75, 3.05) is 26.4 Å². The van der Waals surface area contributed by atoms with Crippen molar-refractivity contribution < 1.29 is 43.1 Å². The van der Waals surface area contributed by atoms with Crippen LogP contribution in [0.4, 0.5) is 0 Å². The summed E-state index contributed by atoms with van der Waals surface area (Å²) in [7, 11) is 0. The van der Waals surface area contributed by atoms with Crippen LogP contribution >= 0.6 is 0 Å². The lowest BCUT2D eigenvalue weighted by Crippen LogP contribution is -2.45. The van der Waals surface area contributed by atoms with Gasteiger partial charge in [0.1, 0.15) is 30.8 Å². The number of carbonyl (C=O) groups excluding carboxylic acids is 2.